The van der Waals surface area contributed by atoms with Crippen LogP contribution in [0.5, 0.6) is 0 Å². The molecule has 0 bridgehead atoms. The Labute approximate surface area is 266 Å². The smallest absolute Gasteiger partial charge is 0.328 e. The maximum atomic E-state index is 13.1. The molecule has 3 aromatic rings. The molecule has 0 spiro atoms. The number of unbranched alkanes of at least 4 members (excludes halogenated alkanes) is 13. The molecule has 0 aliphatic rings. The number of nitrogens with one attached hydrogen (secondary N) is 2. The van der Waals surface area contributed by atoms with E-state index in [-0.39, 0.29) is 11.6 Å². The number of hydrogen-bond acceptors (Lipinski definition) is 5. The summed E-state index contributed by atoms with van der Waals surface area (Å²) in [5.74, 6) is -0.156. The average molecular weight is 635 g/mol. The second-order valence-electron chi connectivity index (χ2n) is 12.0. The van der Waals surface area contributed by atoms with Crippen molar-refractivity contribution in [1.29, 1.82) is 0 Å². The van der Waals surface area contributed by atoms with Crippen molar-refractivity contribution in [2.75, 3.05) is 6.61 Å². The lowest BCUT2D eigenvalue weighted by molar-refractivity contribution is -0.146. The third-order valence-corrected chi connectivity index (χ3v) is 8.03. The Bertz CT molecular complexity index is 1250. The van der Waals surface area contributed by atoms with Gasteiger partial charge in [0.1, 0.15) is 11.7 Å². The predicted octanol–water partition coefficient (Wildman–Crippen LogP) is 9.20. The highest BCUT2D eigenvalue weighted by Gasteiger charge is 2.25. The molecule has 0 saturated heterocycles. The number of benzene rings is 1. The molecule has 0 aliphatic heterocycles. The standard InChI is InChI=1S/C33H49Cl2N5O3/c1-4-5-6-7-8-9-10-11-12-13-14-15-16-17-18-43-33(42)29(19-24(2)3)36-32(41)28-23-30-37-38-31(40(30)39-28)25-20-26(34)22-27(35)21-25/h20-24,29,39H,4-19H2,1-3H3,(H,36,41). The first kappa shape index (κ1) is 34.9. The van der Waals surface area contributed by atoms with E-state index in [1.165, 1.54) is 70.6 Å². The third-order valence-electron chi connectivity index (χ3n) is 7.60. The van der Waals surface area contributed by atoms with Gasteiger partial charge in [-0.1, -0.05) is 127 Å². The molecular formula is C33H49Cl2N5O3. The van der Waals surface area contributed by atoms with Crippen LogP contribution >= 0.6 is 23.2 Å². The maximum Gasteiger partial charge on any atom is 0.328 e. The number of halogens is 2. The van der Waals surface area contributed by atoms with Gasteiger partial charge in [0.15, 0.2) is 11.5 Å². The van der Waals surface area contributed by atoms with Gasteiger partial charge in [-0.3, -0.25) is 9.89 Å². The first-order chi connectivity index (χ1) is 20.8. The SMILES string of the molecule is CCCCCCCCCCCCCCCCOC(=O)C(CC(C)C)NC(=O)c1cc2nnc(-c3cc(Cl)cc(Cl)c3)n2[nH]1. The van der Waals surface area contributed by atoms with Gasteiger partial charge in [-0.05, 0) is 37.0 Å². The number of esters is 1. The quantitative estimate of drug-likeness (QED) is 0.0899. The number of hydrogen-bond donors (Lipinski definition) is 2. The van der Waals surface area contributed by atoms with Crippen LogP contribution in [0.15, 0.2) is 24.3 Å². The Hall–Kier alpha value is -2.58. The summed E-state index contributed by atoms with van der Waals surface area (Å²) >= 11 is 12.3. The molecule has 1 aromatic carbocycles. The number of amides is 1. The van der Waals surface area contributed by atoms with Gasteiger partial charge in [-0.2, -0.15) is 0 Å². The second kappa shape index (κ2) is 18.9. The minimum Gasteiger partial charge on any atom is -0.464 e. The van der Waals surface area contributed by atoms with E-state index in [0.717, 1.165) is 19.3 Å². The van der Waals surface area contributed by atoms with Crippen LogP contribution in [0.2, 0.25) is 10.0 Å². The summed E-state index contributed by atoms with van der Waals surface area (Å²) < 4.78 is 7.16. The lowest BCUT2D eigenvalue weighted by Gasteiger charge is -2.19. The van der Waals surface area contributed by atoms with E-state index in [1.54, 1.807) is 28.8 Å². The molecule has 3 rings (SSSR count). The highest BCUT2D eigenvalue weighted by Crippen LogP contribution is 2.26. The number of rotatable bonds is 21. The van der Waals surface area contributed by atoms with Crippen LogP contribution in [0.4, 0.5) is 0 Å². The van der Waals surface area contributed by atoms with Gasteiger partial charge in [0.2, 0.25) is 0 Å². The molecule has 43 heavy (non-hydrogen) atoms. The van der Waals surface area contributed by atoms with Crippen molar-refractivity contribution in [3.05, 3.63) is 40.0 Å². The lowest BCUT2D eigenvalue weighted by Crippen LogP contribution is -2.43. The minimum atomic E-state index is -0.737. The molecule has 2 N–H and O–H groups in total. The van der Waals surface area contributed by atoms with Gasteiger partial charge in [-0.15, -0.1) is 10.2 Å². The van der Waals surface area contributed by atoms with Gasteiger partial charge in [0.05, 0.1) is 6.61 Å². The number of ether oxygens (including phenoxy) is 1. The molecule has 2 aromatic heterocycles. The van der Waals surface area contributed by atoms with Crippen molar-refractivity contribution < 1.29 is 14.3 Å². The summed E-state index contributed by atoms with van der Waals surface area (Å²) in [6, 6.07) is 5.92. The van der Waals surface area contributed by atoms with Gasteiger partial charge in [0, 0.05) is 21.7 Å². The van der Waals surface area contributed by atoms with Crippen LogP contribution in [-0.4, -0.2) is 44.3 Å². The number of fused-ring (bicyclic) bond motifs is 1. The zero-order valence-corrected chi connectivity index (χ0v) is 27.6. The van der Waals surface area contributed by atoms with Crippen molar-refractivity contribution in [2.45, 2.75) is 123 Å². The highest BCUT2D eigenvalue weighted by molar-refractivity contribution is 6.35. The van der Waals surface area contributed by atoms with Gasteiger partial charge >= 0.3 is 5.97 Å². The molecule has 8 nitrogen and oxygen atoms in total. The molecule has 0 aliphatic carbocycles. The number of aromatic amines is 1. The average Bonchev–Trinajstić information content (AvgIpc) is 3.55. The molecule has 238 valence electrons. The van der Waals surface area contributed by atoms with E-state index in [4.69, 9.17) is 27.9 Å². The molecule has 2 heterocycles. The molecule has 1 unspecified atom stereocenters. The van der Waals surface area contributed by atoms with Crippen molar-refractivity contribution in [2.24, 2.45) is 5.92 Å². The zero-order chi connectivity index (χ0) is 31.0. The molecule has 10 heteroatoms. The Morgan fingerprint density at radius 2 is 1.40 bits per heavy atom. The first-order valence-electron chi connectivity index (χ1n) is 16.2. The number of carbonyl (C=O) groups excluding carboxylic acids is 2. The Morgan fingerprint density at radius 1 is 0.837 bits per heavy atom. The van der Waals surface area contributed by atoms with Gasteiger partial charge < -0.3 is 10.1 Å². The fourth-order valence-corrected chi connectivity index (χ4v) is 5.79. The van der Waals surface area contributed by atoms with Gasteiger partial charge in [-0.25, -0.2) is 9.31 Å². The Morgan fingerprint density at radius 3 is 1.95 bits per heavy atom. The molecule has 1 atom stereocenters. The second-order valence-corrected chi connectivity index (χ2v) is 12.8. The van der Waals surface area contributed by atoms with Crippen LogP contribution in [-0.2, 0) is 9.53 Å². The predicted molar refractivity (Wildman–Crippen MR) is 175 cm³/mol. The monoisotopic (exact) mass is 633 g/mol. The van der Waals surface area contributed by atoms with E-state index >= 15 is 0 Å². The van der Waals surface area contributed by atoms with Crippen molar-refractivity contribution in [1.82, 2.24) is 25.1 Å². The molecule has 0 radical (unpaired) electrons. The molecular weight excluding hydrogens is 585 g/mol. The summed E-state index contributed by atoms with van der Waals surface area (Å²) in [6.45, 7) is 6.65. The Kier molecular flexibility index (Phi) is 15.4. The maximum absolute atomic E-state index is 13.1. The number of carbonyl (C=O) groups is 2. The van der Waals surface area contributed by atoms with Crippen LogP contribution in [0.25, 0.3) is 17.0 Å². The van der Waals surface area contributed by atoms with Crippen molar-refractivity contribution in [3.63, 3.8) is 0 Å². The molecule has 0 saturated carbocycles. The zero-order valence-electron chi connectivity index (χ0n) is 26.1. The summed E-state index contributed by atoms with van der Waals surface area (Å²) in [5, 5.41) is 15.1. The highest BCUT2D eigenvalue weighted by atomic mass is 35.5. The topological polar surface area (TPSA) is 101 Å². The summed E-state index contributed by atoms with van der Waals surface area (Å²) in [5.41, 5.74) is 1.37. The fraction of sp³-hybridized carbons (Fsp3) is 0.636. The van der Waals surface area contributed by atoms with E-state index < -0.39 is 17.9 Å². The Balaban J connectivity index is 1.38. The van der Waals surface area contributed by atoms with Crippen LogP contribution in [0.3, 0.4) is 0 Å². The van der Waals surface area contributed by atoms with E-state index in [0.29, 0.717) is 40.1 Å². The number of nitrogens with zero attached hydrogens (tertiary/aromatic N) is 3. The molecule has 0 fully saturated rings. The number of H-pyrrole nitrogens is 1. The first-order valence-corrected chi connectivity index (χ1v) is 16.9. The minimum absolute atomic E-state index is 0.197. The fourth-order valence-electron chi connectivity index (χ4n) is 5.26. The van der Waals surface area contributed by atoms with Crippen LogP contribution in [0.1, 0.15) is 128 Å². The molecule has 1 amide bonds. The third kappa shape index (κ3) is 12.1. The van der Waals surface area contributed by atoms with Gasteiger partial charge in [0.25, 0.3) is 5.91 Å². The normalized spacial score (nSPS) is 12.2. The van der Waals surface area contributed by atoms with Crippen molar-refractivity contribution >= 4 is 40.7 Å². The largest absolute Gasteiger partial charge is 0.464 e. The van der Waals surface area contributed by atoms with Crippen LogP contribution < -0.4 is 5.32 Å². The number of aromatic nitrogens is 4. The van der Waals surface area contributed by atoms with E-state index in [9.17, 15) is 9.59 Å². The summed E-state index contributed by atoms with van der Waals surface area (Å²) in [6.07, 6.45) is 18.3. The summed E-state index contributed by atoms with van der Waals surface area (Å²) in [4.78, 5) is 26.0. The van der Waals surface area contributed by atoms with E-state index in [2.05, 4.69) is 27.5 Å². The lowest BCUT2D eigenvalue weighted by atomic mass is 10.0. The summed E-state index contributed by atoms with van der Waals surface area (Å²) in [7, 11) is 0. The van der Waals surface area contributed by atoms with E-state index in [1.807, 2.05) is 13.8 Å². The van der Waals surface area contributed by atoms with Crippen molar-refractivity contribution in [3.8, 4) is 11.4 Å². The van der Waals surface area contributed by atoms with Crippen LogP contribution in [0, 0.1) is 5.92 Å².